The Morgan fingerprint density at radius 1 is 1.35 bits per heavy atom. The highest BCUT2D eigenvalue weighted by Gasteiger charge is 2.23. The zero-order chi connectivity index (χ0) is 14.1. The van der Waals surface area contributed by atoms with Gasteiger partial charge in [-0.15, -0.1) is 0 Å². The van der Waals surface area contributed by atoms with Crippen molar-refractivity contribution in [3.63, 3.8) is 0 Å². The predicted octanol–water partition coefficient (Wildman–Crippen LogP) is 1.94. The second-order valence-corrected chi connectivity index (χ2v) is 6.02. The molecule has 3 rings (SSSR count). The van der Waals surface area contributed by atoms with Gasteiger partial charge in [0, 0.05) is 30.1 Å². The molecule has 20 heavy (non-hydrogen) atoms. The van der Waals surface area contributed by atoms with Gasteiger partial charge in [0.1, 0.15) is 17.6 Å². The van der Waals surface area contributed by atoms with Crippen molar-refractivity contribution in [3.8, 4) is 11.5 Å². The smallest absolute Gasteiger partial charge is 0.123 e. The van der Waals surface area contributed by atoms with E-state index in [9.17, 15) is 0 Å². The maximum Gasteiger partial charge on any atom is 0.123 e. The maximum absolute atomic E-state index is 5.96. The van der Waals surface area contributed by atoms with Crippen LogP contribution in [0, 0.1) is 0 Å². The summed E-state index contributed by atoms with van der Waals surface area (Å²) in [4.78, 5) is 2.45. The lowest BCUT2D eigenvalue weighted by atomic mass is 10.0. The Balaban J connectivity index is 1.77. The van der Waals surface area contributed by atoms with Crippen LogP contribution in [0.3, 0.4) is 0 Å². The number of methoxy groups -OCH3 is 1. The van der Waals surface area contributed by atoms with Crippen LogP contribution in [0.5, 0.6) is 11.5 Å². The van der Waals surface area contributed by atoms with Gasteiger partial charge in [-0.1, -0.05) is 0 Å². The third-order valence-electron chi connectivity index (χ3n) is 4.33. The van der Waals surface area contributed by atoms with Gasteiger partial charge in [-0.2, -0.15) is 0 Å². The molecular weight excluding hydrogens is 252 g/mol. The van der Waals surface area contributed by atoms with E-state index < -0.39 is 0 Å². The number of ether oxygens (including phenoxy) is 2. The molecule has 4 heteroatoms. The number of piperidine rings is 1. The van der Waals surface area contributed by atoms with E-state index in [1.807, 2.05) is 0 Å². The molecule has 2 heterocycles. The molecule has 1 unspecified atom stereocenters. The first-order chi connectivity index (χ1) is 9.65. The van der Waals surface area contributed by atoms with Crippen LogP contribution in [0.25, 0.3) is 0 Å². The summed E-state index contributed by atoms with van der Waals surface area (Å²) in [5.41, 5.74) is 8.45. The van der Waals surface area contributed by atoms with Crippen molar-refractivity contribution >= 4 is 0 Å². The molecule has 0 spiro atoms. The standard InChI is InChI=1S/C16H24N2O2/c1-11-7-12-8-15(19-2)13(9-16(12)20-11)10-18-5-3-14(17)4-6-18/h8-9,11,14H,3-7,10,17H2,1-2H3. The summed E-state index contributed by atoms with van der Waals surface area (Å²) in [5.74, 6) is 2.01. The first-order valence-electron chi connectivity index (χ1n) is 7.50. The third kappa shape index (κ3) is 2.76. The Labute approximate surface area is 120 Å². The first-order valence-corrected chi connectivity index (χ1v) is 7.50. The monoisotopic (exact) mass is 276 g/mol. The van der Waals surface area contributed by atoms with Crippen LogP contribution in [-0.4, -0.2) is 37.2 Å². The van der Waals surface area contributed by atoms with Gasteiger partial charge in [0.15, 0.2) is 0 Å². The summed E-state index contributed by atoms with van der Waals surface area (Å²) in [7, 11) is 1.75. The molecule has 1 saturated heterocycles. The Bertz CT molecular complexity index is 482. The number of nitrogens with two attached hydrogens (primary N) is 1. The second-order valence-electron chi connectivity index (χ2n) is 6.02. The van der Waals surface area contributed by atoms with Crippen molar-refractivity contribution in [1.82, 2.24) is 4.90 Å². The van der Waals surface area contributed by atoms with Crippen LogP contribution in [-0.2, 0) is 13.0 Å². The van der Waals surface area contributed by atoms with Crippen molar-refractivity contribution < 1.29 is 9.47 Å². The quantitative estimate of drug-likeness (QED) is 0.916. The molecule has 1 atom stereocenters. The zero-order valence-electron chi connectivity index (χ0n) is 12.4. The van der Waals surface area contributed by atoms with Crippen LogP contribution < -0.4 is 15.2 Å². The van der Waals surface area contributed by atoms with Crippen LogP contribution in [0.4, 0.5) is 0 Å². The summed E-state index contributed by atoms with van der Waals surface area (Å²) >= 11 is 0. The highest BCUT2D eigenvalue weighted by Crippen LogP contribution is 2.35. The topological polar surface area (TPSA) is 47.7 Å². The van der Waals surface area contributed by atoms with Crippen molar-refractivity contribution in [2.75, 3.05) is 20.2 Å². The molecule has 2 aliphatic rings. The van der Waals surface area contributed by atoms with Crippen molar-refractivity contribution in [1.29, 1.82) is 0 Å². The molecule has 0 saturated carbocycles. The van der Waals surface area contributed by atoms with Crippen LogP contribution in [0.1, 0.15) is 30.9 Å². The fourth-order valence-corrected chi connectivity index (χ4v) is 3.15. The van der Waals surface area contributed by atoms with Gasteiger partial charge >= 0.3 is 0 Å². The largest absolute Gasteiger partial charge is 0.496 e. The first kappa shape index (κ1) is 13.7. The van der Waals surface area contributed by atoms with E-state index in [4.69, 9.17) is 15.2 Å². The van der Waals surface area contributed by atoms with E-state index in [0.717, 1.165) is 50.4 Å². The van der Waals surface area contributed by atoms with E-state index in [0.29, 0.717) is 6.04 Å². The maximum atomic E-state index is 5.96. The number of rotatable bonds is 3. The van der Waals surface area contributed by atoms with Gasteiger partial charge < -0.3 is 15.2 Å². The summed E-state index contributed by atoms with van der Waals surface area (Å²) in [6.07, 6.45) is 3.42. The number of hydrogen-bond donors (Lipinski definition) is 1. The molecule has 0 radical (unpaired) electrons. The minimum Gasteiger partial charge on any atom is -0.496 e. The third-order valence-corrected chi connectivity index (χ3v) is 4.33. The van der Waals surface area contributed by atoms with Crippen molar-refractivity contribution in [2.45, 2.75) is 44.9 Å². The number of likely N-dealkylation sites (tertiary alicyclic amines) is 1. The van der Waals surface area contributed by atoms with Gasteiger partial charge in [0.05, 0.1) is 7.11 Å². The molecule has 2 aliphatic heterocycles. The fourth-order valence-electron chi connectivity index (χ4n) is 3.15. The molecule has 110 valence electrons. The van der Waals surface area contributed by atoms with Crippen LogP contribution in [0.2, 0.25) is 0 Å². The lowest BCUT2D eigenvalue weighted by Crippen LogP contribution is -2.39. The Kier molecular flexibility index (Phi) is 3.85. The molecule has 4 nitrogen and oxygen atoms in total. The summed E-state index contributed by atoms with van der Waals surface area (Å²) < 4.78 is 11.4. The predicted molar refractivity (Wildman–Crippen MR) is 79.3 cm³/mol. The molecule has 1 aromatic carbocycles. The average molecular weight is 276 g/mol. The van der Waals surface area contributed by atoms with E-state index in [-0.39, 0.29) is 6.10 Å². The minimum atomic E-state index is 0.276. The van der Waals surface area contributed by atoms with Gasteiger partial charge in [-0.05, 0) is 45.0 Å². The number of fused-ring (bicyclic) bond motifs is 1. The molecule has 0 bridgehead atoms. The van der Waals surface area contributed by atoms with Gasteiger partial charge in [-0.3, -0.25) is 4.90 Å². The number of nitrogens with zero attached hydrogens (tertiary/aromatic N) is 1. The van der Waals surface area contributed by atoms with E-state index in [1.54, 1.807) is 7.11 Å². The number of hydrogen-bond acceptors (Lipinski definition) is 4. The molecule has 1 aromatic rings. The van der Waals surface area contributed by atoms with Crippen LogP contribution in [0.15, 0.2) is 12.1 Å². The van der Waals surface area contributed by atoms with Gasteiger partial charge in [-0.25, -0.2) is 0 Å². The average Bonchev–Trinajstić information content (AvgIpc) is 2.79. The van der Waals surface area contributed by atoms with Crippen molar-refractivity contribution in [3.05, 3.63) is 23.3 Å². The fraction of sp³-hybridized carbons (Fsp3) is 0.625. The van der Waals surface area contributed by atoms with E-state index in [1.165, 1.54) is 11.1 Å². The molecule has 2 N–H and O–H groups in total. The van der Waals surface area contributed by atoms with E-state index >= 15 is 0 Å². The zero-order valence-corrected chi connectivity index (χ0v) is 12.4. The highest BCUT2D eigenvalue weighted by molar-refractivity contribution is 5.48. The van der Waals surface area contributed by atoms with Gasteiger partial charge in [0.25, 0.3) is 0 Å². The summed E-state index contributed by atoms with van der Waals surface area (Å²) in [5, 5.41) is 0. The van der Waals surface area contributed by atoms with E-state index in [2.05, 4.69) is 24.0 Å². The Morgan fingerprint density at radius 3 is 2.80 bits per heavy atom. The second kappa shape index (κ2) is 5.62. The lowest BCUT2D eigenvalue weighted by Gasteiger charge is -2.30. The normalized spacial score (nSPS) is 23.4. The highest BCUT2D eigenvalue weighted by atomic mass is 16.5. The number of benzene rings is 1. The molecule has 0 amide bonds. The SMILES string of the molecule is COc1cc2c(cc1CN1CCC(N)CC1)OC(C)C2. The van der Waals surface area contributed by atoms with Gasteiger partial charge in [0.2, 0.25) is 0 Å². The molecular formula is C16H24N2O2. The molecule has 0 aliphatic carbocycles. The molecule has 0 aromatic heterocycles. The minimum absolute atomic E-state index is 0.276. The molecule has 1 fully saturated rings. The van der Waals surface area contributed by atoms with Crippen molar-refractivity contribution in [2.24, 2.45) is 5.73 Å². The lowest BCUT2D eigenvalue weighted by molar-refractivity contribution is 0.203. The Hall–Kier alpha value is -1.26. The Morgan fingerprint density at radius 2 is 2.10 bits per heavy atom. The summed E-state index contributed by atoms with van der Waals surface area (Å²) in [6.45, 7) is 5.16. The summed E-state index contributed by atoms with van der Waals surface area (Å²) in [6, 6.07) is 4.67. The van der Waals surface area contributed by atoms with Crippen LogP contribution >= 0.6 is 0 Å².